The topological polar surface area (TPSA) is 101 Å². The van der Waals surface area contributed by atoms with Crippen LogP contribution in [0.2, 0.25) is 0 Å². The third kappa shape index (κ3) is 2.29. The molecule has 0 bridgehead atoms. The van der Waals surface area contributed by atoms with E-state index >= 15 is 0 Å². The second-order valence-corrected chi connectivity index (χ2v) is 5.84. The van der Waals surface area contributed by atoms with E-state index < -0.39 is 0 Å². The SMILES string of the molecule is CC1CCCC(CN)(Nc2cc3n[nH]c(=O)n3cn2)C1. The third-order valence-electron chi connectivity index (χ3n) is 4.19. The molecule has 2 aromatic heterocycles. The van der Waals surface area contributed by atoms with E-state index in [1.165, 1.54) is 23.6 Å². The lowest BCUT2D eigenvalue weighted by Gasteiger charge is -2.40. The van der Waals surface area contributed by atoms with Crippen LogP contribution in [0.3, 0.4) is 0 Å². The zero-order valence-electron chi connectivity index (χ0n) is 11.6. The van der Waals surface area contributed by atoms with E-state index in [1.54, 1.807) is 6.07 Å². The van der Waals surface area contributed by atoms with E-state index in [0.29, 0.717) is 18.1 Å². The quantitative estimate of drug-likeness (QED) is 0.767. The first-order valence-corrected chi connectivity index (χ1v) is 7.03. The fourth-order valence-electron chi connectivity index (χ4n) is 3.16. The van der Waals surface area contributed by atoms with E-state index in [9.17, 15) is 4.79 Å². The van der Waals surface area contributed by atoms with Crippen LogP contribution in [0.4, 0.5) is 5.82 Å². The first-order valence-electron chi connectivity index (χ1n) is 7.03. The normalized spacial score (nSPS) is 26.8. The molecule has 7 nitrogen and oxygen atoms in total. The van der Waals surface area contributed by atoms with Gasteiger partial charge in [-0.05, 0) is 18.8 Å². The maximum Gasteiger partial charge on any atom is 0.348 e. The lowest BCUT2D eigenvalue weighted by molar-refractivity contribution is 0.263. The van der Waals surface area contributed by atoms with Crippen LogP contribution >= 0.6 is 0 Å². The minimum Gasteiger partial charge on any atom is -0.363 e. The lowest BCUT2D eigenvalue weighted by Crippen LogP contribution is -2.48. The van der Waals surface area contributed by atoms with E-state index in [0.717, 1.165) is 18.7 Å². The number of nitrogens with two attached hydrogens (primary N) is 1. The number of rotatable bonds is 3. The van der Waals surface area contributed by atoms with Crippen molar-refractivity contribution >= 4 is 11.5 Å². The van der Waals surface area contributed by atoms with Gasteiger partial charge in [-0.15, -0.1) is 0 Å². The van der Waals surface area contributed by atoms with Gasteiger partial charge in [0.25, 0.3) is 0 Å². The summed E-state index contributed by atoms with van der Waals surface area (Å²) in [4.78, 5) is 15.7. The van der Waals surface area contributed by atoms with Crippen molar-refractivity contribution in [2.75, 3.05) is 11.9 Å². The minimum atomic E-state index is -0.279. The van der Waals surface area contributed by atoms with Crippen molar-refractivity contribution in [2.45, 2.75) is 38.1 Å². The maximum atomic E-state index is 11.4. The third-order valence-corrected chi connectivity index (χ3v) is 4.19. The molecule has 0 aromatic carbocycles. The van der Waals surface area contributed by atoms with Gasteiger partial charge in [-0.1, -0.05) is 19.8 Å². The maximum absolute atomic E-state index is 11.4. The van der Waals surface area contributed by atoms with Crippen molar-refractivity contribution in [3.05, 3.63) is 22.9 Å². The highest BCUT2D eigenvalue weighted by Crippen LogP contribution is 2.33. The fraction of sp³-hybridized carbons (Fsp3) is 0.615. The van der Waals surface area contributed by atoms with Crippen molar-refractivity contribution in [1.29, 1.82) is 0 Å². The number of H-pyrrole nitrogens is 1. The Morgan fingerprint density at radius 1 is 1.65 bits per heavy atom. The number of aromatic nitrogens is 4. The number of hydrogen-bond acceptors (Lipinski definition) is 5. The molecule has 0 radical (unpaired) electrons. The summed E-state index contributed by atoms with van der Waals surface area (Å²) in [6.07, 6.45) is 6.01. The molecule has 1 aliphatic carbocycles. The molecule has 0 amide bonds. The summed E-state index contributed by atoms with van der Waals surface area (Å²) in [7, 11) is 0. The molecule has 20 heavy (non-hydrogen) atoms. The molecule has 108 valence electrons. The molecule has 1 fully saturated rings. The number of aromatic amines is 1. The Labute approximate surface area is 116 Å². The number of nitrogens with zero attached hydrogens (tertiary/aromatic N) is 3. The van der Waals surface area contributed by atoms with Gasteiger partial charge in [-0.25, -0.2) is 19.3 Å². The summed E-state index contributed by atoms with van der Waals surface area (Å²) >= 11 is 0. The summed E-state index contributed by atoms with van der Waals surface area (Å²) in [6, 6.07) is 1.77. The number of anilines is 1. The Morgan fingerprint density at radius 2 is 2.50 bits per heavy atom. The average molecular weight is 276 g/mol. The molecule has 2 aromatic rings. The van der Waals surface area contributed by atoms with Crippen LogP contribution in [0.25, 0.3) is 5.65 Å². The van der Waals surface area contributed by atoms with Crippen LogP contribution in [0, 0.1) is 5.92 Å². The molecule has 1 saturated carbocycles. The molecule has 4 N–H and O–H groups in total. The molecule has 0 saturated heterocycles. The highest BCUT2D eigenvalue weighted by Gasteiger charge is 2.33. The molecule has 2 heterocycles. The Hall–Kier alpha value is -1.89. The van der Waals surface area contributed by atoms with Crippen LogP contribution in [-0.4, -0.2) is 31.7 Å². The standard InChI is InChI=1S/C13H20N6O/c1-9-3-2-4-13(6-9,7-14)16-10-5-11-17-18-12(20)19(11)8-15-10/h5,8-9,16H,2-4,6-7,14H2,1H3,(H,18,20). The summed E-state index contributed by atoms with van der Waals surface area (Å²) in [5, 5.41) is 9.82. The summed E-state index contributed by atoms with van der Waals surface area (Å²) in [5.41, 5.74) is 6.18. The van der Waals surface area contributed by atoms with E-state index in [4.69, 9.17) is 5.73 Å². The van der Waals surface area contributed by atoms with Gasteiger partial charge in [0.15, 0.2) is 5.65 Å². The van der Waals surface area contributed by atoms with E-state index in [1.807, 2.05) is 0 Å². The predicted molar refractivity (Wildman–Crippen MR) is 76.6 cm³/mol. The first kappa shape index (κ1) is 13.1. The van der Waals surface area contributed by atoms with Gasteiger partial charge in [-0.2, -0.15) is 5.10 Å². The van der Waals surface area contributed by atoms with Crippen molar-refractivity contribution in [1.82, 2.24) is 19.6 Å². The van der Waals surface area contributed by atoms with Crippen LogP contribution < -0.4 is 16.7 Å². The van der Waals surface area contributed by atoms with Gasteiger partial charge >= 0.3 is 5.69 Å². The number of fused-ring (bicyclic) bond motifs is 1. The second kappa shape index (κ2) is 4.90. The molecule has 7 heteroatoms. The molecule has 0 aliphatic heterocycles. The Bertz CT molecular complexity index is 662. The Kier molecular flexibility index (Phi) is 3.21. The molecule has 0 spiro atoms. The van der Waals surface area contributed by atoms with Crippen molar-refractivity contribution < 1.29 is 0 Å². The smallest absolute Gasteiger partial charge is 0.348 e. The summed E-state index contributed by atoms with van der Waals surface area (Å²) < 4.78 is 1.38. The number of hydrogen-bond donors (Lipinski definition) is 3. The van der Waals surface area contributed by atoms with E-state index in [2.05, 4.69) is 27.4 Å². The van der Waals surface area contributed by atoms with E-state index in [-0.39, 0.29) is 11.2 Å². The lowest BCUT2D eigenvalue weighted by atomic mass is 9.76. The average Bonchev–Trinajstić information content (AvgIpc) is 2.80. The monoisotopic (exact) mass is 276 g/mol. The van der Waals surface area contributed by atoms with Crippen molar-refractivity contribution in [3.8, 4) is 0 Å². The van der Waals surface area contributed by atoms with Crippen molar-refractivity contribution in [3.63, 3.8) is 0 Å². The highest BCUT2D eigenvalue weighted by atomic mass is 16.1. The predicted octanol–water partition coefficient (Wildman–Crippen LogP) is 0.737. The Balaban J connectivity index is 1.88. The van der Waals surface area contributed by atoms with Crippen molar-refractivity contribution in [2.24, 2.45) is 11.7 Å². The zero-order chi connectivity index (χ0) is 14.2. The Morgan fingerprint density at radius 3 is 3.25 bits per heavy atom. The largest absolute Gasteiger partial charge is 0.363 e. The van der Waals surface area contributed by atoms with Gasteiger partial charge in [-0.3, -0.25) is 0 Å². The second-order valence-electron chi connectivity index (χ2n) is 5.84. The molecule has 3 rings (SSSR count). The van der Waals surface area contributed by atoms with Crippen LogP contribution in [0.15, 0.2) is 17.2 Å². The van der Waals surface area contributed by atoms with Crippen LogP contribution in [-0.2, 0) is 0 Å². The van der Waals surface area contributed by atoms with Gasteiger partial charge in [0, 0.05) is 12.6 Å². The zero-order valence-corrected chi connectivity index (χ0v) is 11.6. The fourth-order valence-corrected chi connectivity index (χ4v) is 3.16. The van der Waals surface area contributed by atoms with Gasteiger partial charge in [0.2, 0.25) is 0 Å². The molecular formula is C13H20N6O. The minimum absolute atomic E-state index is 0.0976. The molecule has 1 aliphatic rings. The molecular weight excluding hydrogens is 256 g/mol. The van der Waals surface area contributed by atoms with Gasteiger partial charge < -0.3 is 11.1 Å². The van der Waals surface area contributed by atoms with Gasteiger partial charge in [0.1, 0.15) is 12.1 Å². The summed E-state index contributed by atoms with van der Waals surface area (Å²) in [5.74, 6) is 1.38. The summed E-state index contributed by atoms with van der Waals surface area (Å²) in [6.45, 7) is 2.84. The molecule has 2 unspecified atom stereocenters. The highest BCUT2D eigenvalue weighted by molar-refractivity contribution is 5.49. The van der Waals surface area contributed by atoms with Crippen LogP contribution in [0.1, 0.15) is 32.6 Å². The van der Waals surface area contributed by atoms with Crippen LogP contribution in [0.5, 0.6) is 0 Å². The molecule has 2 atom stereocenters. The van der Waals surface area contributed by atoms with Gasteiger partial charge in [0.05, 0.1) is 5.54 Å². The first-order chi connectivity index (χ1) is 9.62. The number of nitrogens with one attached hydrogen (secondary N) is 2.